The molecule has 7 heteroatoms. The SMILES string of the molecule is C#CN(C(=O)C(C)NC(=O)OC(C)(C)C)C(C(=O)NC1CCCCC1)c1ccccc1C. The van der Waals surface area contributed by atoms with E-state index in [4.69, 9.17) is 11.2 Å². The van der Waals surface area contributed by atoms with Gasteiger partial charge in [-0.25, -0.2) is 4.79 Å². The number of carbonyl (C=O) groups is 3. The van der Waals surface area contributed by atoms with Gasteiger partial charge in [-0.05, 0) is 58.6 Å². The average Bonchev–Trinajstić information content (AvgIpc) is 2.71. The zero-order valence-electron chi connectivity index (χ0n) is 19.7. The smallest absolute Gasteiger partial charge is 0.408 e. The molecule has 2 N–H and O–H groups in total. The van der Waals surface area contributed by atoms with Gasteiger partial charge in [0, 0.05) is 12.1 Å². The molecule has 0 aliphatic heterocycles. The van der Waals surface area contributed by atoms with Crippen LogP contribution in [0.3, 0.4) is 0 Å². The van der Waals surface area contributed by atoms with E-state index in [1.165, 1.54) is 6.92 Å². The molecule has 1 aliphatic carbocycles. The Morgan fingerprint density at radius 1 is 1.16 bits per heavy atom. The van der Waals surface area contributed by atoms with Crippen LogP contribution in [0, 0.1) is 19.4 Å². The summed E-state index contributed by atoms with van der Waals surface area (Å²) in [7, 11) is 0. The van der Waals surface area contributed by atoms with Crippen molar-refractivity contribution in [2.75, 3.05) is 0 Å². The second-order valence-electron chi connectivity index (χ2n) is 9.31. The largest absolute Gasteiger partial charge is 0.444 e. The summed E-state index contributed by atoms with van der Waals surface area (Å²) < 4.78 is 5.23. The van der Waals surface area contributed by atoms with Crippen LogP contribution in [0.2, 0.25) is 0 Å². The van der Waals surface area contributed by atoms with Crippen molar-refractivity contribution in [3.63, 3.8) is 0 Å². The third-order valence-electron chi connectivity index (χ3n) is 5.42. The monoisotopic (exact) mass is 441 g/mol. The first-order valence-electron chi connectivity index (χ1n) is 11.2. The Balaban J connectivity index is 2.28. The fourth-order valence-corrected chi connectivity index (χ4v) is 3.84. The van der Waals surface area contributed by atoms with Crippen molar-refractivity contribution in [1.29, 1.82) is 0 Å². The van der Waals surface area contributed by atoms with Gasteiger partial charge in [-0.1, -0.05) is 50.0 Å². The molecule has 1 aromatic rings. The Morgan fingerprint density at radius 2 is 1.78 bits per heavy atom. The topological polar surface area (TPSA) is 87.7 Å². The Labute approximate surface area is 191 Å². The van der Waals surface area contributed by atoms with Crippen molar-refractivity contribution in [1.82, 2.24) is 15.5 Å². The van der Waals surface area contributed by atoms with Crippen LogP contribution in [0.15, 0.2) is 24.3 Å². The number of benzene rings is 1. The van der Waals surface area contributed by atoms with Gasteiger partial charge >= 0.3 is 6.09 Å². The van der Waals surface area contributed by atoms with Crippen LogP contribution in [0.5, 0.6) is 0 Å². The maximum Gasteiger partial charge on any atom is 0.408 e. The van der Waals surface area contributed by atoms with Crippen LogP contribution in [-0.2, 0) is 14.3 Å². The van der Waals surface area contributed by atoms with E-state index in [1.807, 2.05) is 25.1 Å². The van der Waals surface area contributed by atoms with Gasteiger partial charge in [0.1, 0.15) is 17.7 Å². The standard InChI is InChI=1S/C25H35N3O4/c1-7-28(23(30)18(3)26-24(31)32-25(4,5)6)21(20-16-12-11-13-17(20)2)22(29)27-19-14-9-8-10-15-19/h1,11-13,16,18-19,21H,8-10,14-15H2,2-6H3,(H,26,31)(H,27,29). The summed E-state index contributed by atoms with van der Waals surface area (Å²) in [6.45, 7) is 8.59. The third-order valence-corrected chi connectivity index (χ3v) is 5.42. The fourth-order valence-electron chi connectivity index (χ4n) is 3.84. The predicted molar refractivity (Wildman–Crippen MR) is 123 cm³/mol. The highest BCUT2D eigenvalue weighted by atomic mass is 16.6. The number of nitrogens with zero attached hydrogens (tertiary/aromatic N) is 1. The molecule has 0 spiro atoms. The van der Waals surface area contributed by atoms with Gasteiger partial charge in [-0.3, -0.25) is 14.5 Å². The zero-order chi connectivity index (χ0) is 23.9. The van der Waals surface area contributed by atoms with Crippen LogP contribution >= 0.6 is 0 Å². The third kappa shape index (κ3) is 7.01. The summed E-state index contributed by atoms with van der Waals surface area (Å²) in [5.74, 6) is -0.882. The van der Waals surface area contributed by atoms with Crippen LogP contribution < -0.4 is 10.6 Å². The van der Waals surface area contributed by atoms with E-state index in [2.05, 4.69) is 16.7 Å². The van der Waals surface area contributed by atoms with Gasteiger partial charge in [0.05, 0.1) is 0 Å². The average molecular weight is 442 g/mol. The number of amides is 3. The molecule has 0 radical (unpaired) electrons. The van der Waals surface area contributed by atoms with E-state index in [0.29, 0.717) is 5.56 Å². The van der Waals surface area contributed by atoms with E-state index in [0.717, 1.165) is 42.6 Å². The van der Waals surface area contributed by atoms with Gasteiger partial charge in [0.15, 0.2) is 0 Å². The van der Waals surface area contributed by atoms with Crippen molar-refractivity contribution < 1.29 is 19.1 Å². The summed E-state index contributed by atoms with van der Waals surface area (Å²) in [5, 5.41) is 5.60. The van der Waals surface area contributed by atoms with Gasteiger partial charge < -0.3 is 15.4 Å². The lowest BCUT2D eigenvalue weighted by Crippen LogP contribution is -2.51. The summed E-state index contributed by atoms with van der Waals surface area (Å²) >= 11 is 0. The van der Waals surface area contributed by atoms with Gasteiger partial charge in [-0.15, -0.1) is 0 Å². The van der Waals surface area contributed by atoms with Crippen molar-refractivity contribution in [2.24, 2.45) is 0 Å². The second kappa shape index (κ2) is 11.0. The molecule has 2 rings (SSSR count). The molecule has 2 unspecified atom stereocenters. The zero-order valence-corrected chi connectivity index (χ0v) is 19.7. The van der Waals surface area contributed by atoms with Crippen molar-refractivity contribution in [3.8, 4) is 12.5 Å². The lowest BCUT2D eigenvalue weighted by molar-refractivity contribution is -0.138. The maximum atomic E-state index is 13.4. The lowest BCUT2D eigenvalue weighted by atomic mass is 9.94. The van der Waals surface area contributed by atoms with E-state index in [9.17, 15) is 14.4 Å². The number of terminal acetylenes is 1. The molecule has 32 heavy (non-hydrogen) atoms. The van der Waals surface area contributed by atoms with Crippen LogP contribution in [-0.4, -0.2) is 40.5 Å². The number of rotatable bonds is 6. The van der Waals surface area contributed by atoms with Gasteiger partial charge in [0.2, 0.25) is 5.91 Å². The van der Waals surface area contributed by atoms with E-state index in [1.54, 1.807) is 26.8 Å². The highest BCUT2D eigenvalue weighted by Crippen LogP contribution is 2.26. The first kappa shape index (κ1) is 25.3. The minimum absolute atomic E-state index is 0.0646. The molecular formula is C25H35N3O4. The number of aryl methyl sites for hydroxylation is 1. The molecule has 0 heterocycles. The molecule has 1 aliphatic rings. The molecule has 1 saturated carbocycles. The molecule has 0 saturated heterocycles. The molecule has 7 nitrogen and oxygen atoms in total. The molecule has 2 atom stereocenters. The van der Waals surface area contributed by atoms with E-state index < -0.39 is 29.7 Å². The molecular weight excluding hydrogens is 406 g/mol. The maximum absolute atomic E-state index is 13.4. The first-order valence-corrected chi connectivity index (χ1v) is 11.2. The van der Waals surface area contributed by atoms with Crippen molar-refractivity contribution >= 4 is 17.9 Å². The molecule has 174 valence electrons. The van der Waals surface area contributed by atoms with Crippen molar-refractivity contribution in [2.45, 2.75) is 90.4 Å². The predicted octanol–water partition coefficient (Wildman–Crippen LogP) is 3.82. The molecule has 1 fully saturated rings. The minimum atomic E-state index is -1.00. The number of alkyl carbamates (subject to hydrolysis) is 1. The van der Waals surface area contributed by atoms with Gasteiger partial charge in [0.25, 0.3) is 5.91 Å². The van der Waals surface area contributed by atoms with Crippen molar-refractivity contribution in [3.05, 3.63) is 35.4 Å². The summed E-state index contributed by atoms with van der Waals surface area (Å²) in [5.41, 5.74) is 0.788. The van der Waals surface area contributed by atoms with E-state index in [-0.39, 0.29) is 11.9 Å². The van der Waals surface area contributed by atoms with Crippen LogP contribution in [0.25, 0.3) is 0 Å². The van der Waals surface area contributed by atoms with Crippen LogP contribution in [0.1, 0.15) is 77.0 Å². The summed E-state index contributed by atoms with van der Waals surface area (Å²) in [6, 6.07) is 7.81. The lowest BCUT2D eigenvalue weighted by Gasteiger charge is -2.32. The minimum Gasteiger partial charge on any atom is -0.444 e. The number of ether oxygens (including phenoxy) is 1. The normalized spacial score (nSPS) is 16.2. The molecule has 1 aromatic carbocycles. The van der Waals surface area contributed by atoms with Crippen LogP contribution in [0.4, 0.5) is 4.79 Å². The molecule has 0 aromatic heterocycles. The number of carbonyl (C=O) groups excluding carboxylic acids is 3. The van der Waals surface area contributed by atoms with E-state index >= 15 is 0 Å². The fraction of sp³-hybridized carbons (Fsp3) is 0.560. The molecule has 0 bridgehead atoms. The summed E-state index contributed by atoms with van der Waals surface area (Å²) in [6.07, 6.45) is 10.1. The first-order chi connectivity index (χ1) is 15.0. The Bertz CT molecular complexity index is 863. The number of nitrogens with one attached hydrogen (secondary N) is 2. The number of hydrogen-bond acceptors (Lipinski definition) is 4. The highest BCUT2D eigenvalue weighted by molar-refractivity contribution is 5.93. The number of hydrogen-bond donors (Lipinski definition) is 2. The van der Waals surface area contributed by atoms with Gasteiger partial charge in [-0.2, -0.15) is 0 Å². The molecule has 3 amide bonds. The Kier molecular flexibility index (Phi) is 8.71. The Hall–Kier alpha value is -3.01. The second-order valence-corrected chi connectivity index (χ2v) is 9.31. The quantitative estimate of drug-likeness (QED) is 0.519. The Morgan fingerprint density at radius 3 is 2.34 bits per heavy atom. The highest BCUT2D eigenvalue weighted by Gasteiger charge is 2.35. The summed E-state index contributed by atoms with van der Waals surface area (Å²) in [4.78, 5) is 39.8.